The second-order valence-electron chi connectivity index (χ2n) is 5.30. The molecule has 0 aliphatic heterocycles. The lowest BCUT2D eigenvalue weighted by Gasteiger charge is -2.16. The summed E-state index contributed by atoms with van der Waals surface area (Å²) < 4.78 is 0. The first-order valence-electron chi connectivity index (χ1n) is 7.49. The summed E-state index contributed by atoms with van der Waals surface area (Å²) in [6.45, 7) is 4.69. The fourth-order valence-electron chi connectivity index (χ4n) is 2.24. The third kappa shape index (κ3) is 4.25. The molecule has 4 heteroatoms. The van der Waals surface area contributed by atoms with E-state index in [1.54, 1.807) is 0 Å². The molecule has 1 atom stereocenters. The molecule has 2 amide bonds. The zero-order chi connectivity index (χ0) is 15.9. The lowest BCUT2D eigenvalue weighted by atomic mass is 9.97. The molecule has 2 aromatic carbocycles. The number of anilines is 1. The molecular formula is C18H21ClN2O. The van der Waals surface area contributed by atoms with Gasteiger partial charge in [0.15, 0.2) is 0 Å². The summed E-state index contributed by atoms with van der Waals surface area (Å²) in [5, 5.41) is 6.42. The monoisotopic (exact) mass is 316 g/mol. The minimum absolute atomic E-state index is 0.226. The average molecular weight is 317 g/mol. The minimum Gasteiger partial charge on any atom is -0.334 e. The Kier molecular flexibility index (Phi) is 5.84. The molecule has 116 valence electrons. The first kappa shape index (κ1) is 16.4. The Labute approximate surface area is 136 Å². The standard InChI is InChI=1S/C18H21ClN2O/c1-3-13(2)15-9-5-7-11-17(15)21-18(22)20-12-14-8-4-6-10-16(14)19/h4-11,13H,3,12H2,1-2H3,(H2,20,21,22). The predicted octanol–water partition coefficient (Wildman–Crippen LogP) is 5.18. The van der Waals surface area contributed by atoms with Crippen molar-refractivity contribution in [3.8, 4) is 0 Å². The van der Waals surface area contributed by atoms with E-state index in [-0.39, 0.29) is 6.03 Å². The van der Waals surface area contributed by atoms with E-state index in [4.69, 9.17) is 11.6 Å². The Morgan fingerprint density at radius 1 is 1.14 bits per heavy atom. The van der Waals surface area contributed by atoms with Crippen LogP contribution in [0.3, 0.4) is 0 Å². The van der Waals surface area contributed by atoms with Crippen LogP contribution in [0.4, 0.5) is 10.5 Å². The van der Waals surface area contributed by atoms with Crippen molar-refractivity contribution in [3.05, 3.63) is 64.7 Å². The molecule has 3 nitrogen and oxygen atoms in total. The van der Waals surface area contributed by atoms with Gasteiger partial charge in [-0.15, -0.1) is 0 Å². The summed E-state index contributed by atoms with van der Waals surface area (Å²) >= 11 is 6.08. The van der Waals surface area contributed by atoms with Crippen LogP contribution in [0.2, 0.25) is 5.02 Å². The van der Waals surface area contributed by atoms with Crippen molar-refractivity contribution in [2.45, 2.75) is 32.7 Å². The van der Waals surface area contributed by atoms with Crippen molar-refractivity contribution in [1.29, 1.82) is 0 Å². The van der Waals surface area contributed by atoms with E-state index >= 15 is 0 Å². The molecule has 0 aliphatic carbocycles. The minimum atomic E-state index is -0.226. The molecule has 0 radical (unpaired) electrons. The number of halogens is 1. The van der Waals surface area contributed by atoms with E-state index in [2.05, 4.69) is 30.5 Å². The molecule has 2 rings (SSSR count). The summed E-state index contributed by atoms with van der Waals surface area (Å²) in [5.41, 5.74) is 2.90. The maximum atomic E-state index is 12.1. The van der Waals surface area contributed by atoms with Crippen molar-refractivity contribution >= 4 is 23.3 Å². The topological polar surface area (TPSA) is 41.1 Å². The number of rotatable bonds is 5. The summed E-state index contributed by atoms with van der Waals surface area (Å²) in [6, 6.07) is 15.2. The molecule has 2 N–H and O–H groups in total. The van der Waals surface area contributed by atoms with Gasteiger partial charge >= 0.3 is 6.03 Å². The SMILES string of the molecule is CCC(C)c1ccccc1NC(=O)NCc1ccccc1Cl. The maximum absolute atomic E-state index is 12.1. The molecule has 0 aromatic heterocycles. The van der Waals surface area contributed by atoms with Crippen LogP contribution in [0.5, 0.6) is 0 Å². The van der Waals surface area contributed by atoms with Gasteiger partial charge in [-0.3, -0.25) is 0 Å². The number of urea groups is 1. The molecule has 1 unspecified atom stereocenters. The van der Waals surface area contributed by atoms with E-state index in [1.165, 1.54) is 0 Å². The largest absolute Gasteiger partial charge is 0.334 e. The van der Waals surface area contributed by atoms with Gasteiger partial charge in [0, 0.05) is 17.3 Å². The molecule has 0 bridgehead atoms. The Morgan fingerprint density at radius 3 is 2.55 bits per heavy atom. The normalized spacial score (nSPS) is 11.8. The van der Waals surface area contributed by atoms with Crippen molar-refractivity contribution in [2.75, 3.05) is 5.32 Å². The molecule has 0 spiro atoms. The van der Waals surface area contributed by atoms with Gasteiger partial charge < -0.3 is 10.6 Å². The fourth-order valence-corrected chi connectivity index (χ4v) is 2.45. The second-order valence-corrected chi connectivity index (χ2v) is 5.70. The zero-order valence-corrected chi connectivity index (χ0v) is 13.7. The van der Waals surface area contributed by atoms with Crippen LogP contribution >= 0.6 is 11.6 Å². The Balaban J connectivity index is 1.99. The lowest BCUT2D eigenvalue weighted by molar-refractivity contribution is 0.251. The molecule has 0 saturated carbocycles. The number of benzene rings is 2. The highest BCUT2D eigenvalue weighted by Crippen LogP contribution is 2.26. The van der Waals surface area contributed by atoms with E-state index in [1.807, 2.05) is 42.5 Å². The van der Waals surface area contributed by atoms with Crippen LogP contribution in [-0.4, -0.2) is 6.03 Å². The molecule has 0 saturated heterocycles. The van der Waals surface area contributed by atoms with Crippen molar-refractivity contribution in [1.82, 2.24) is 5.32 Å². The summed E-state index contributed by atoms with van der Waals surface area (Å²) in [7, 11) is 0. The average Bonchev–Trinajstić information content (AvgIpc) is 2.54. The number of carbonyl (C=O) groups excluding carboxylic acids is 1. The van der Waals surface area contributed by atoms with E-state index in [9.17, 15) is 4.79 Å². The van der Waals surface area contributed by atoms with Crippen LogP contribution in [0.1, 0.15) is 37.3 Å². The van der Waals surface area contributed by atoms with Crippen LogP contribution < -0.4 is 10.6 Å². The Hall–Kier alpha value is -2.00. The number of hydrogen-bond donors (Lipinski definition) is 2. The van der Waals surface area contributed by atoms with E-state index in [0.717, 1.165) is 23.2 Å². The molecule has 0 aliphatic rings. The maximum Gasteiger partial charge on any atom is 0.319 e. The van der Waals surface area contributed by atoms with E-state index in [0.29, 0.717) is 17.5 Å². The molecule has 22 heavy (non-hydrogen) atoms. The third-order valence-electron chi connectivity index (χ3n) is 3.75. The van der Waals surface area contributed by atoms with Gasteiger partial charge in [0.2, 0.25) is 0 Å². The van der Waals surface area contributed by atoms with Crippen molar-refractivity contribution in [2.24, 2.45) is 0 Å². The van der Waals surface area contributed by atoms with E-state index < -0.39 is 0 Å². The number of amides is 2. The fraction of sp³-hybridized carbons (Fsp3) is 0.278. The first-order valence-corrected chi connectivity index (χ1v) is 7.86. The van der Waals surface area contributed by atoms with Gasteiger partial charge in [-0.25, -0.2) is 4.79 Å². The second kappa shape index (κ2) is 7.85. The van der Waals surface area contributed by atoms with Gasteiger partial charge in [-0.05, 0) is 35.6 Å². The molecular weight excluding hydrogens is 296 g/mol. The van der Waals surface area contributed by atoms with Crippen LogP contribution in [0, 0.1) is 0 Å². The highest BCUT2D eigenvalue weighted by atomic mass is 35.5. The first-order chi connectivity index (χ1) is 10.6. The summed E-state index contributed by atoms with van der Waals surface area (Å²) in [6.07, 6.45) is 1.03. The zero-order valence-electron chi connectivity index (χ0n) is 12.9. The van der Waals surface area contributed by atoms with Crippen LogP contribution in [-0.2, 0) is 6.54 Å². The highest BCUT2D eigenvalue weighted by molar-refractivity contribution is 6.31. The third-order valence-corrected chi connectivity index (χ3v) is 4.12. The number of hydrogen-bond acceptors (Lipinski definition) is 1. The smallest absolute Gasteiger partial charge is 0.319 e. The Bertz CT molecular complexity index is 642. The summed E-state index contributed by atoms with van der Waals surface area (Å²) in [4.78, 5) is 12.1. The number of nitrogens with one attached hydrogen (secondary N) is 2. The van der Waals surface area contributed by atoms with Crippen LogP contribution in [0.25, 0.3) is 0 Å². The molecule has 0 heterocycles. The summed E-state index contributed by atoms with van der Waals surface area (Å²) in [5.74, 6) is 0.403. The molecule has 2 aromatic rings. The number of para-hydroxylation sites is 1. The number of carbonyl (C=O) groups is 1. The highest BCUT2D eigenvalue weighted by Gasteiger charge is 2.11. The van der Waals surface area contributed by atoms with Crippen LogP contribution in [0.15, 0.2) is 48.5 Å². The molecule has 0 fully saturated rings. The predicted molar refractivity (Wildman–Crippen MR) is 92.5 cm³/mol. The van der Waals surface area contributed by atoms with Crippen molar-refractivity contribution < 1.29 is 4.79 Å². The quantitative estimate of drug-likeness (QED) is 0.784. The van der Waals surface area contributed by atoms with Gasteiger partial charge in [0.05, 0.1) is 0 Å². The van der Waals surface area contributed by atoms with Gasteiger partial charge in [0.1, 0.15) is 0 Å². The van der Waals surface area contributed by atoms with Gasteiger partial charge in [0.25, 0.3) is 0 Å². The van der Waals surface area contributed by atoms with Gasteiger partial charge in [-0.2, -0.15) is 0 Å². The van der Waals surface area contributed by atoms with Crippen molar-refractivity contribution in [3.63, 3.8) is 0 Å². The lowest BCUT2D eigenvalue weighted by Crippen LogP contribution is -2.28. The van der Waals surface area contributed by atoms with Gasteiger partial charge in [-0.1, -0.05) is 61.8 Å². The Morgan fingerprint density at radius 2 is 1.82 bits per heavy atom.